The third-order valence-corrected chi connectivity index (χ3v) is 2.11. The Balaban J connectivity index is 0.000000138. The molecule has 1 aromatic carbocycles. The summed E-state index contributed by atoms with van der Waals surface area (Å²) in [5.74, 6) is -0.153. The van der Waals surface area contributed by atoms with Gasteiger partial charge in [0.2, 0.25) is 0 Å². The van der Waals surface area contributed by atoms with E-state index in [1.807, 2.05) is 0 Å². The van der Waals surface area contributed by atoms with Crippen molar-refractivity contribution in [3.05, 3.63) is 47.3 Å². The van der Waals surface area contributed by atoms with Crippen LogP contribution in [0.25, 0.3) is 11.2 Å². The number of hydrogen-bond donors (Lipinski definition) is 4. The molecule has 0 amide bonds. The second-order valence-electron chi connectivity index (χ2n) is 3.32. The van der Waals surface area contributed by atoms with Gasteiger partial charge in [-0.3, -0.25) is 4.79 Å². The fourth-order valence-corrected chi connectivity index (χ4v) is 1.24. The van der Waals surface area contributed by atoms with Crippen LogP contribution >= 0.6 is 0 Å². The number of nitrogens with one attached hydrogen (secondary N) is 2. The molecular weight excluding hydrogens is 236 g/mol. The van der Waals surface area contributed by atoms with Gasteiger partial charge in [0.15, 0.2) is 22.7 Å². The number of benzene rings is 1. The first kappa shape index (κ1) is 11.6. The van der Waals surface area contributed by atoms with Crippen LogP contribution < -0.4 is 5.56 Å². The van der Waals surface area contributed by atoms with Crippen LogP contribution in [0.15, 0.2) is 41.7 Å². The number of H-pyrrole nitrogens is 2. The van der Waals surface area contributed by atoms with Gasteiger partial charge >= 0.3 is 0 Å². The molecule has 0 saturated heterocycles. The highest BCUT2D eigenvalue weighted by Gasteiger charge is 1.97. The summed E-state index contributed by atoms with van der Waals surface area (Å²) >= 11 is 0. The summed E-state index contributed by atoms with van der Waals surface area (Å²) in [5, 5.41) is 17.3. The number of hydrogen-bond acceptors (Lipinski definition) is 5. The number of rotatable bonds is 0. The number of aromatic hydroxyl groups is 2. The minimum absolute atomic E-state index is 0.0764. The zero-order chi connectivity index (χ0) is 13.0. The minimum Gasteiger partial charge on any atom is -0.504 e. The zero-order valence-electron chi connectivity index (χ0n) is 9.16. The molecule has 3 aromatic rings. The van der Waals surface area contributed by atoms with Crippen LogP contribution in [0, 0.1) is 0 Å². The highest BCUT2D eigenvalue weighted by Crippen LogP contribution is 2.21. The lowest BCUT2D eigenvalue weighted by atomic mass is 10.3. The molecule has 0 aliphatic carbocycles. The van der Waals surface area contributed by atoms with Gasteiger partial charge in [0, 0.05) is 0 Å². The highest BCUT2D eigenvalue weighted by molar-refractivity contribution is 5.67. The van der Waals surface area contributed by atoms with Gasteiger partial charge in [0.1, 0.15) is 0 Å². The smallest absolute Gasteiger partial charge is 0.276 e. The van der Waals surface area contributed by atoms with E-state index in [0.717, 1.165) is 0 Å². The van der Waals surface area contributed by atoms with Crippen LogP contribution in [0.5, 0.6) is 11.5 Å². The Hall–Kier alpha value is -2.83. The standard InChI is InChI=1S/C6H6O2.C5H4N4O/c7-5-3-1-2-4-6(5)8;10-5-3-4(7-1-6-3)8-2-9-5/h1-4,7-8H;1-2H,(H2,6,7,8,9,10). The van der Waals surface area contributed by atoms with E-state index in [2.05, 4.69) is 19.9 Å². The van der Waals surface area contributed by atoms with E-state index in [0.29, 0.717) is 11.2 Å². The van der Waals surface area contributed by atoms with Crippen LogP contribution in [0.1, 0.15) is 0 Å². The number of nitrogens with zero attached hydrogens (tertiary/aromatic N) is 2. The van der Waals surface area contributed by atoms with Gasteiger partial charge < -0.3 is 20.2 Å². The average Bonchev–Trinajstić information content (AvgIpc) is 2.84. The monoisotopic (exact) mass is 246 g/mol. The lowest BCUT2D eigenvalue weighted by molar-refractivity contribution is 0.404. The van der Waals surface area contributed by atoms with Gasteiger partial charge in [-0.1, -0.05) is 12.1 Å². The molecule has 18 heavy (non-hydrogen) atoms. The quantitative estimate of drug-likeness (QED) is 0.437. The maximum absolute atomic E-state index is 10.9. The second kappa shape index (κ2) is 5.00. The summed E-state index contributed by atoms with van der Waals surface area (Å²) < 4.78 is 0. The first-order valence-electron chi connectivity index (χ1n) is 5.02. The molecule has 4 N–H and O–H groups in total. The number of phenols is 2. The summed E-state index contributed by atoms with van der Waals surface area (Å²) in [6, 6.07) is 6.15. The van der Waals surface area contributed by atoms with Crippen molar-refractivity contribution >= 4 is 11.2 Å². The van der Waals surface area contributed by atoms with Crippen molar-refractivity contribution < 1.29 is 10.2 Å². The summed E-state index contributed by atoms with van der Waals surface area (Å²) in [4.78, 5) is 23.6. The number of aromatic nitrogens is 4. The molecule has 0 saturated carbocycles. The fraction of sp³-hybridized carbons (Fsp3) is 0. The Morgan fingerprint density at radius 3 is 2.00 bits per heavy atom. The third kappa shape index (κ3) is 2.46. The third-order valence-electron chi connectivity index (χ3n) is 2.11. The van der Waals surface area contributed by atoms with Crippen molar-refractivity contribution in [1.29, 1.82) is 0 Å². The fourth-order valence-electron chi connectivity index (χ4n) is 1.24. The van der Waals surface area contributed by atoms with E-state index < -0.39 is 0 Å². The Labute approximate surface area is 101 Å². The van der Waals surface area contributed by atoms with E-state index in [1.54, 1.807) is 12.1 Å². The SMILES string of the molecule is O=c1[nH]cnc2nc[nH]c12.Oc1ccccc1O. The van der Waals surface area contributed by atoms with Crippen LogP contribution in [-0.4, -0.2) is 30.1 Å². The number of phenolic OH excluding ortho intramolecular Hbond substituents is 2. The van der Waals surface area contributed by atoms with E-state index >= 15 is 0 Å². The topological polar surface area (TPSA) is 115 Å². The summed E-state index contributed by atoms with van der Waals surface area (Å²) in [6.07, 6.45) is 2.76. The largest absolute Gasteiger partial charge is 0.504 e. The molecule has 0 unspecified atom stereocenters. The molecule has 2 aromatic heterocycles. The molecule has 0 fully saturated rings. The van der Waals surface area contributed by atoms with Crippen molar-refractivity contribution in [1.82, 2.24) is 19.9 Å². The van der Waals surface area contributed by atoms with Gasteiger partial charge in [-0.05, 0) is 12.1 Å². The molecule has 0 aliphatic heterocycles. The average molecular weight is 246 g/mol. The van der Waals surface area contributed by atoms with Crippen LogP contribution in [-0.2, 0) is 0 Å². The molecule has 0 aliphatic rings. The molecule has 92 valence electrons. The maximum atomic E-state index is 10.9. The van der Waals surface area contributed by atoms with E-state index in [4.69, 9.17) is 10.2 Å². The predicted molar refractivity (Wildman–Crippen MR) is 64.3 cm³/mol. The van der Waals surface area contributed by atoms with Gasteiger partial charge in [-0.15, -0.1) is 0 Å². The van der Waals surface area contributed by atoms with E-state index in [9.17, 15) is 4.79 Å². The Morgan fingerprint density at radius 2 is 1.50 bits per heavy atom. The molecule has 7 heteroatoms. The maximum Gasteiger partial charge on any atom is 0.276 e. The zero-order valence-corrected chi connectivity index (χ0v) is 9.16. The predicted octanol–water partition coefficient (Wildman–Crippen LogP) is 0.744. The van der Waals surface area contributed by atoms with E-state index in [-0.39, 0.29) is 17.1 Å². The first-order chi connectivity index (χ1) is 8.68. The van der Waals surface area contributed by atoms with Gasteiger partial charge in [-0.2, -0.15) is 0 Å². The number of aromatic amines is 2. The van der Waals surface area contributed by atoms with Crippen LogP contribution in [0.3, 0.4) is 0 Å². The minimum atomic E-state index is -0.192. The molecule has 0 atom stereocenters. The molecule has 0 bridgehead atoms. The first-order valence-corrected chi connectivity index (χ1v) is 5.02. The lowest BCUT2D eigenvalue weighted by Crippen LogP contribution is -2.05. The van der Waals surface area contributed by atoms with Crippen LogP contribution in [0.2, 0.25) is 0 Å². The molecular formula is C11H10N4O3. The van der Waals surface area contributed by atoms with Crippen molar-refractivity contribution in [3.8, 4) is 11.5 Å². The summed E-state index contributed by atoms with van der Waals surface area (Å²) in [7, 11) is 0. The molecule has 0 radical (unpaired) electrons. The molecule has 7 nitrogen and oxygen atoms in total. The number of imidazole rings is 1. The van der Waals surface area contributed by atoms with Gasteiger partial charge in [0.25, 0.3) is 5.56 Å². The number of para-hydroxylation sites is 2. The normalized spacial score (nSPS) is 9.78. The van der Waals surface area contributed by atoms with Crippen molar-refractivity contribution in [2.45, 2.75) is 0 Å². The number of fused-ring (bicyclic) bond motifs is 1. The van der Waals surface area contributed by atoms with Gasteiger partial charge in [0.05, 0.1) is 12.7 Å². The lowest BCUT2D eigenvalue weighted by Gasteiger charge is -1.91. The molecule has 3 rings (SSSR count). The highest BCUT2D eigenvalue weighted by atomic mass is 16.3. The van der Waals surface area contributed by atoms with Crippen molar-refractivity contribution in [3.63, 3.8) is 0 Å². The van der Waals surface area contributed by atoms with E-state index in [1.165, 1.54) is 24.8 Å². The Kier molecular flexibility index (Phi) is 3.24. The Morgan fingerprint density at radius 1 is 0.944 bits per heavy atom. The molecule has 0 spiro atoms. The van der Waals surface area contributed by atoms with Gasteiger partial charge in [-0.25, -0.2) is 9.97 Å². The van der Waals surface area contributed by atoms with Crippen molar-refractivity contribution in [2.24, 2.45) is 0 Å². The molecule has 2 heterocycles. The summed E-state index contributed by atoms with van der Waals surface area (Å²) in [5.41, 5.74) is 0.675. The van der Waals surface area contributed by atoms with Crippen molar-refractivity contribution in [2.75, 3.05) is 0 Å². The Bertz CT molecular complexity index is 683. The summed E-state index contributed by atoms with van der Waals surface area (Å²) in [6.45, 7) is 0. The second-order valence-corrected chi connectivity index (χ2v) is 3.32. The van der Waals surface area contributed by atoms with Crippen LogP contribution in [0.4, 0.5) is 0 Å².